The molecule has 0 unspecified atom stereocenters. The third-order valence-electron chi connectivity index (χ3n) is 4.02. The van der Waals surface area contributed by atoms with Gasteiger partial charge in [-0.2, -0.15) is 0 Å². The first kappa shape index (κ1) is 19.1. The van der Waals surface area contributed by atoms with E-state index < -0.39 is 0 Å². The van der Waals surface area contributed by atoms with Gasteiger partial charge in [0, 0.05) is 31.0 Å². The molecule has 0 spiro atoms. The maximum absolute atomic E-state index is 5.35. The van der Waals surface area contributed by atoms with Crippen molar-refractivity contribution in [3.8, 4) is 5.75 Å². The van der Waals surface area contributed by atoms with Gasteiger partial charge in [-0.3, -0.25) is 0 Å². The van der Waals surface area contributed by atoms with Crippen LogP contribution in [-0.2, 0) is 0 Å². The van der Waals surface area contributed by atoms with E-state index in [1.54, 1.807) is 7.11 Å². The van der Waals surface area contributed by atoms with Gasteiger partial charge in [0.15, 0.2) is 5.11 Å². The molecule has 25 heavy (non-hydrogen) atoms. The Balaban J connectivity index is 1.71. The molecule has 0 aliphatic carbocycles. The Bertz CT molecular complexity index is 656. The Kier molecular flexibility index (Phi) is 7.54. The van der Waals surface area contributed by atoms with Gasteiger partial charge >= 0.3 is 0 Å². The smallest absolute Gasteiger partial charge is 0.170 e. The largest absolute Gasteiger partial charge is 0.497 e. The molecule has 0 aliphatic heterocycles. The number of ether oxygens (including phenoxy) is 1. The fourth-order valence-corrected chi connectivity index (χ4v) is 2.77. The highest BCUT2D eigenvalue weighted by Crippen LogP contribution is 2.16. The average Bonchev–Trinajstić information content (AvgIpc) is 2.63. The molecular formula is C20H27N3OS. The summed E-state index contributed by atoms with van der Waals surface area (Å²) in [4.78, 5) is 2.38. The van der Waals surface area contributed by atoms with Crippen molar-refractivity contribution in [3.05, 3.63) is 54.1 Å². The highest BCUT2D eigenvalue weighted by Gasteiger charge is 2.04. The second kappa shape index (κ2) is 9.89. The van der Waals surface area contributed by atoms with E-state index in [1.807, 2.05) is 24.3 Å². The predicted octanol–water partition coefficient (Wildman–Crippen LogP) is 4.21. The molecule has 0 heterocycles. The molecule has 5 heteroatoms. The first-order chi connectivity index (χ1) is 12.1. The molecule has 0 radical (unpaired) electrons. The van der Waals surface area contributed by atoms with Crippen LogP contribution in [0.15, 0.2) is 48.5 Å². The SMILES string of the molecule is CCN(CCCNC(=S)Nc1ccc(OC)cc1)c1ccc(C)cc1. The summed E-state index contributed by atoms with van der Waals surface area (Å²) in [5.74, 6) is 0.834. The summed E-state index contributed by atoms with van der Waals surface area (Å²) in [6, 6.07) is 16.4. The number of methoxy groups -OCH3 is 1. The van der Waals surface area contributed by atoms with Crippen LogP contribution in [0, 0.1) is 6.92 Å². The maximum Gasteiger partial charge on any atom is 0.170 e. The zero-order chi connectivity index (χ0) is 18.1. The van der Waals surface area contributed by atoms with Gasteiger partial charge in [-0.25, -0.2) is 0 Å². The Hall–Kier alpha value is -2.27. The quantitative estimate of drug-likeness (QED) is 0.547. The van der Waals surface area contributed by atoms with E-state index in [2.05, 4.69) is 53.6 Å². The third kappa shape index (κ3) is 6.27. The molecule has 0 aromatic heterocycles. The second-order valence-corrected chi connectivity index (χ2v) is 6.29. The molecule has 134 valence electrons. The third-order valence-corrected chi connectivity index (χ3v) is 4.27. The summed E-state index contributed by atoms with van der Waals surface area (Å²) in [6.07, 6.45) is 1.02. The van der Waals surface area contributed by atoms with Crippen molar-refractivity contribution in [2.75, 3.05) is 37.0 Å². The van der Waals surface area contributed by atoms with Crippen LogP contribution in [0.2, 0.25) is 0 Å². The lowest BCUT2D eigenvalue weighted by Crippen LogP contribution is -2.32. The summed E-state index contributed by atoms with van der Waals surface area (Å²) >= 11 is 5.35. The van der Waals surface area contributed by atoms with Gasteiger partial charge in [0.25, 0.3) is 0 Å². The van der Waals surface area contributed by atoms with Crippen molar-refractivity contribution in [1.82, 2.24) is 5.32 Å². The normalized spacial score (nSPS) is 10.2. The highest BCUT2D eigenvalue weighted by molar-refractivity contribution is 7.80. The Morgan fingerprint density at radius 2 is 1.76 bits per heavy atom. The Morgan fingerprint density at radius 3 is 2.36 bits per heavy atom. The minimum Gasteiger partial charge on any atom is -0.497 e. The standard InChI is InChI=1S/C20H27N3OS/c1-4-23(18-10-6-16(2)7-11-18)15-5-14-21-20(25)22-17-8-12-19(24-3)13-9-17/h6-13H,4-5,14-15H2,1-3H3,(H2,21,22,25). The van der Waals surface area contributed by atoms with Crippen LogP contribution in [0.25, 0.3) is 0 Å². The van der Waals surface area contributed by atoms with Crippen molar-refractivity contribution in [1.29, 1.82) is 0 Å². The van der Waals surface area contributed by atoms with Gasteiger partial charge in [-0.1, -0.05) is 17.7 Å². The topological polar surface area (TPSA) is 36.5 Å². The van der Waals surface area contributed by atoms with E-state index in [0.29, 0.717) is 5.11 Å². The lowest BCUT2D eigenvalue weighted by molar-refractivity contribution is 0.415. The number of nitrogens with one attached hydrogen (secondary N) is 2. The van der Waals surface area contributed by atoms with Gasteiger partial charge in [-0.15, -0.1) is 0 Å². The number of benzene rings is 2. The first-order valence-electron chi connectivity index (χ1n) is 8.63. The van der Waals surface area contributed by atoms with Crippen LogP contribution in [0.4, 0.5) is 11.4 Å². The maximum atomic E-state index is 5.35. The van der Waals surface area contributed by atoms with Crippen LogP contribution < -0.4 is 20.3 Å². The fraction of sp³-hybridized carbons (Fsp3) is 0.350. The Labute approximate surface area is 156 Å². The number of rotatable bonds is 8. The fourth-order valence-electron chi connectivity index (χ4n) is 2.55. The van der Waals surface area contributed by atoms with Crippen molar-refractivity contribution >= 4 is 28.7 Å². The number of aryl methyl sites for hydroxylation is 1. The van der Waals surface area contributed by atoms with E-state index in [4.69, 9.17) is 17.0 Å². The summed E-state index contributed by atoms with van der Waals surface area (Å²) in [5.41, 5.74) is 3.51. The van der Waals surface area contributed by atoms with E-state index in [1.165, 1.54) is 11.3 Å². The van der Waals surface area contributed by atoms with Crippen LogP contribution in [-0.4, -0.2) is 31.9 Å². The molecule has 2 N–H and O–H groups in total. The molecular weight excluding hydrogens is 330 g/mol. The number of hydrogen-bond acceptors (Lipinski definition) is 3. The second-order valence-electron chi connectivity index (χ2n) is 5.88. The molecule has 0 saturated carbocycles. The summed E-state index contributed by atoms with van der Waals surface area (Å²) in [7, 11) is 1.66. The average molecular weight is 358 g/mol. The summed E-state index contributed by atoms with van der Waals surface area (Å²) in [5, 5.41) is 7.09. The van der Waals surface area contributed by atoms with Crippen molar-refractivity contribution in [3.63, 3.8) is 0 Å². The molecule has 0 atom stereocenters. The zero-order valence-corrected chi connectivity index (χ0v) is 16.0. The number of nitrogens with zero attached hydrogens (tertiary/aromatic N) is 1. The predicted molar refractivity (Wildman–Crippen MR) is 111 cm³/mol. The van der Waals surface area contributed by atoms with Crippen molar-refractivity contribution in [2.45, 2.75) is 20.3 Å². The minimum absolute atomic E-state index is 0.642. The first-order valence-corrected chi connectivity index (χ1v) is 9.03. The molecule has 2 aromatic rings. The van der Waals surface area contributed by atoms with E-state index in [0.717, 1.165) is 37.5 Å². The lowest BCUT2D eigenvalue weighted by Gasteiger charge is -2.23. The van der Waals surface area contributed by atoms with Crippen LogP contribution in [0.3, 0.4) is 0 Å². The van der Waals surface area contributed by atoms with Gasteiger partial charge < -0.3 is 20.3 Å². The van der Waals surface area contributed by atoms with E-state index >= 15 is 0 Å². The van der Waals surface area contributed by atoms with E-state index in [-0.39, 0.29) is 0 Å². The highest BCUT2D eigenvalue weighted by atomic mass is 32.1. The Morgan fingerprint density at radius 1 is 1.08 bits per heavy atom. The zero-order valence-electron chi connectivity index (χ0n) is 15.2. The number of hydrogen-bond donors (Lipinski definition) is 2. The number of anilines is 2. The van der Waals surface area contributed by atoms with Crippen LogP contribution in [0.5, 0.6) is 5.75 Å². The molecule has 0 bridgehead atoms. The molecule has 0 fully saturated rings. The molecule has 0 aliphatic rings. The van der Waals surface area contributed by atoms with Crippen molar-refractivity contribution in [2.24, 2.45) is 0 Å². The van der Waals surface area contributed by atoms with Gasteiger partial charge in [0.05, 0.1) is 7.11 Å². The molecule has 0 saturated heterocycles. The van der Waals surface area contributed by atoms with Crippen LogP contribution >= 0.6 is 12.2 Å². The van der Waals surface area contributed by atoms with Crippen molar-refractivity contribution < 1.29 is 4.74 Å². The van der Waals surface area contributed by atoms with E-state index in [9.17, 15) is 0 Å². The molecule has 4 nitrogen and oxygen atoms in total. The monoisotopic (exact) mass is 357 g/mol. The lowest BCUT2D eigenvalue weighted by atomic mass is 10.2. The van der Waals surface area contributed by atoms with Gasteiger partial charge in [0.2, 0.25) is 0 Å². The molecule has 2 aromatic carbocycles. The number of thiocarbonyl (C=S) groups is 1. The van der Waals surface area contributed by atoms with Crippen LogP contribution in [0.1, 0.15) is 18.9 Å². The minimum atomic E-state index is 0.642. The molecule has 2 rings (SSSR count). The van der Waals surface area contributed by atoms with Gasteiger partial charge in [-0.05, 0) is 68.9 Å². The summed E-state index contributed by atoms with van der Waals surface area (Å²) in [6.45, 7) is 7.13. The molecule has 0 amide bonds. The van der Waals surface area contributed by atoms with Gasteiger partial charge in [0.1, 0.15) is 5.75 Å². The summed E-state index contributed by atoms with van der Waals surface area (Å²) < 4.78 is 5.15.